The quantitative estimate of drug-likeness (QED) is 0.533. The lowest BCUT2D eigenvalue weighted by Gasteiger charge is -2.28. The summed E-state index contributed by atoms with van der Waals surface area (Å²) in [5.74, 6) is 0.759. The van der Waals surface area contributed by atoms with Crippen molar-refractivity contribution in [1.29, 1.82) is 0 Å². The molecule has 1 N–H and O–H groups in total. The molecule has 1 unspecified atom stereocenters. The third kappa shape index (κ3) is 5.64. The summed E-state index contributed by atoms with van der Waals surface area (Å²) in [6.07, 6.45) is 2.36. The molecule has 1 atom stereocenters. The molecule has 0 amide bonds. The molecule has 1 aliphatic rings. The average Bonchev–Trinajstić information content (AvgIpc) is 2.29. The highest BCUT2D eigenvalue weighted by molar-refractivity contribution is 4.87. The van der Waals surface area contributed by atoms with Crippen molar-refractivity contribution in [2.75, 3.05) is 33.0 Å². The number of rotatable bonds is 7. The van der Waals surface area contributed by atoms with Crippen LogP contribution in [-0.2, 0) is 9.47 Å². The second-order valence-corrected chi connectivity index (χ2v) is 4.70. The molecule has 0 bridgehead atoms. The molecule has 0 radical (unpaired) electrons. The van der Waals surface area contributed by atoms with Crippen LogP contribution in [0.2, 0.25) is 0 Å². The number of ether oxygens (including phenoxy) is 2. The van der Waals surface area contributed by atoms with E-state index in [-0.39, 0.29) is 0 Å². The van der Waals surface area contributed by atoms with Gasteiger partial charge in [-0.15, -0.1) is 0 Å². The van der Waals surface area contributed by atoms with E-state index in [1.807, 2.05) is 6.92 Å². The van der Waals surface area contributed by atoms with Crippen LogP contribution < -0.4 is 5.32 Å². The maximum Gasteiger partial charge on any atom is 0.0672 e. The Bertz CT molecular complexity index is 200. The van der Waals surface area contributed by atoms with E-state index >= 15 is 0 Å². The molecule has 0 aromatic heterocycles. The summed E-state index contributed by atoms with van der Waals surface area (Å²) in [5, 5.41) is 3.52. The van der Waals surface area contributed by atoms with E-state index in [4.69, 9.17) is 9.47 Å². The zero-order valence-corrected chi connectivity index (χ0v) is 10.6. The Morgan fingerprint density at radius 2 is 2.19 bits per heavy atom. The minimum atomic E-state index is 0.567. The molecule has 0 saturated carbocycles. The Morgan fingerprint density at radius 3 is 2.81 bits per heavy atom. The molecular formula is C13H25NO2. The molecule has 1 fully saturated rings. The lowest BCUT2D eigenvalue weighted by Crippen LogP contribution is -2.38. The van der Waals surface area contributed by atoms with E-state index in [2.05, 4.69) is 18.8 Å². The summed E-state index contributed by atoms with van der Waals surface area (Å²) in [4.78, 5) is 0. The van der Waals surface area contributed by atoms with Crippen LogP contribution >= 0.6 is 0 Å². The third-order valence-electron chi connectivity index (χ3n) is 3.03. The van der Waals surface area contributed by atoms with Crippen molar-refractivity contribution >= 4 is 0 Å². The first kappa shape index (κ1) is 13.7. The van der Waals surface area contributed by atoms with Crippen LogP contribution in [0.1, 0.15) is 26.7 Å². The van der Waals surface area contributed by atoms with Crippen LogP contribution in [0.15, 0.2) is 12.2 Å². The van der Waals surface area contributed by atoms with Crippen molar-refractivity contribution in [1.82, 2.24) is 5.32 Å². The van der Waals surface area contributed by atoms with E-state index in [1.54, 1.807) is 0 Å². The fourth-order valence-corrected chi connectivity index (χ4v) is 1.99. The zero-order chi connectivity index (χ0) is 11.8. The Labute approximate surface area is 99.2 Å². The molecule has 0 spiro atoms. The molecular weight excluding hydrogens is 202 g/mol. The lowest BCUT2D eigenvalue weighted by atomic mass is 9.93. The highest BCUT2D eigenvalue weighted by Crippen LogP contribution is 2.18. The monoisotopic (exact) mass is 227 g/mol. The van der Waals surface area contributed by atoms with Gasteiger partial charge in [0, 0.05) is 25.8 Å². The first-order chi connectivity index (χ1) is 7.70. The zero-order valence-electron chi connectivity index (χ0n) is 10.6. The first-order valence-electron chi connectivity index (χ1n) is 6.23. The Morgan fingerprint density at radius 1 is 1.50 bits per heavy atom. The normalized spacial score (nSPS) is 19.6. The van der Waals surface area contributed by atoms with E-state index in [0.29, 0.717) is 12.6 Å². The van der Waals surface area contributed by atoms with Gasteiger partial charge in [-0.1, -0.05) is 12.2 Å². The van der Waals surface area contributed by atoms with E-state index < -0.39 is 0 Å². The maximum atomic E-state index is 5.45. The van der Waals surface area contributed by atoms with Crippen LogP contribution in [0.4, 0.5) is 0 Å². The standard InChI is InChI=1S/C13H25NO2/c1-11(2)10-16-9-6-14-12(3)13-4-7-15-8-5-13/h12-14H,1,4-10H2,2-3H3. The topological polar surface area (TPSA) is 30.5 Å². The highest BCUT2D eigenvalue weighted by Gasteiger charge is 2.19. The lowest BCUT2D eigenvalue weighted by molar-refractivity contribution is 0.0545. The smallest absolute Gasteiger partial charge is 0.0672 e. The Hall–Kier alpha value is -0.380. The van der Waals surface area contributed by atoms with E-state index in [1.165, 1.54) is 12.8 Å². The first-order valence-corrected chi connectivity index (χ1v) is 6.23. The minimum absolute atomic E-state index is 0.567. The van der Waals surface area contributed by atoms with Crippen LogP contribution in [0.3, 0.4) is 0 Å². The van der Waals surface area contributed by atoms with Gasteiger partial charge < -0.3 is 14.8 Å². The van der Waals surface area contributed by atoms with Crippen LogP contribution in [0.25, 0.3) is 0 Å². The average molecular weight is 227 g/mol. The van der Waals surface area contributed by atoms with Crippen molar-refractivity contribution in [3.63, 3.8) is 0 Å². The number of hydrogen-bond acceptors (Lipinski definition) is 3. The molecule has 0 aromatic rings. The van der Waals surface area contributed by atoms with Crippen LogP contribution in [0.5, 0.6) is 0 Å². The van der Waals surface area contributed by atoms with E-state index in [0.717, 1.165) is 37.9 Å². The summed E-state index contributed by atoms with van der Waals surface area (Å²) in [6.45, 7) is 12.2. The van der Waals surface area contributed by atoms with Gasteiger partial charge in [0.25, 0.3) is 0 Å². The second-order valence-electron chi connectivity index (χ2n) is 4.70. The van der Waals surface area contributed by atoms with Crippen molar-refractivity contribution in [3.8, 4) is 0 Å². The highest BCUT2D eigenvalue weighted by atomic mass is 16.5. The summed E-state index contributed by atoms with van der Waals surface area (Å²) in [6, 6.07) is 0.567. The van der Waals surface area contributed by atoms with Gasteiger partial charge >= 0.3 is 0 Å². The van der Waals surface area contributed by atoms with Crippen molar-refractivity contribution < 1.29 is 9.47 Å². The number of hydrogen-bond donors (Lipinski definition) is 1. The molecule has 1 saturated heterocycles. The van der Waals surface area contributed by atoms with Gasteiger partial charge in [0.1, 0.15) is 0 Å². The molecule has 16 heavy (non-hydrogen) atoms. The van der Waals surface area contributed by atoms with Gasteiger partial charge in [-0.3, -0.25) is 0 Å². The van der Waals surface area contributed by atoms with Crippen molar-refractivity contribution in [2.24, 2.45) is 5.92 Å². The SMILES string of the molecule is C=C(C)COCCNC(C)C1CCOCC1. The van der Waals surface area contributed by atoms with Gasteiger partial charge in [0.2, 0.25) is 0 Å². The maximum absolute atomic E-state index is 5.45. The van der Waals surface area contributed by atoms with Gasteiger partial charge in [0.15, 0.2) is 0 Å². The van der Waals surface area contributed by atoms with Gasteiger partial charge in [-0.05, 0) is 32.6 Å². The second kappa shape index (κ2) is 7.82. The van der Waals surface area contributed by atoms with Crippen LogP contribution in [0, 0.1) is 5.92 Å². The third-order valence-corrected chi connectivity index (χ3v) is 3.03. The molecule has 3 heteroatoms. The van der Waals surface area contributed by atoms with Gasteiger partial charge in [-0.2, -0.15) is 0 Å². The Kier molecular flexibility index (Phi) is 6.69. The van der Waals surface area contributed by atoms with Crippen molar-refractivity contribution in [3.05, 3.63) is 12.2 Å². The van der Waals surface area contributed by atoms with Gasteiger partial charge in [0.05, 0.1) is 13.2 Å². The molecule has 3 nitrogen and oxygen atoms in total. The number of nitrogens with one attached hydrogen (secondary N) is 1. The van der Waals surface area contributed by atoms with Crippen LogP contribution in [-0.4, -0.2) is 39.0 Å². The van der Waals surface area contributed by atoms with Gasteiger partial charge in [-0.25, -0.2) is 0 Å². The minimum Gasteiger partial charge on any atom is -0.381 e. The summed E-state index contributed by atoms with van der Waals surface area (Å²) < 4.78 is 10.8. The summed E-state index contributed by atoms with van der Waals surface area (Å²) >= 11 is 0. The Balaban J connectivity index is 2.00. The molecule has 94 valence electrons. The molecule has 0 aliphatic carbocycles. The fourth-order valence-electron chi connectivity index (χ4n) is 1.99. The molecule has 1 heterocycles. The molecule has 0 aromatic carbocycles. The largest absolute Gasteiger partial charge is 0.381 e. The fraction of sp³-hybridized carbons (Fsp3) is 0.846. The molecule has 1 rings (SSSR count). The predicted molar refractivity (Wildman–Crippen MR) is 66.6 cm³/mol. The predicted octanol–water partition coefficient (Wildman–Crippen LogP) is 1.98. The van der Waals surface area contributed by atoms with Crippen molar-refractivity contribution in [2.45, 2.75) is 32.7 Å². The molecule has 1 aliphatic heterocycles. The summed E-state index contributed by atoms with van der Waals surface area (Å²) in [7, 11) is 0. The summed E-state index contributed by atoms with van der Waals surface area (Å²) in [5.41, 5.74) is 1.08. The van der Waals surface area contributed by atoms with E-state index in [9.17, 15) is 0 Å².